The highest BCUT2D eigenvalue weighted by molar-refractivity contribution is 7.12. The lowest BCUT2D eigenvalue weighted by molar-refractivity contribution is -0.122. The summed E-state index contributed by atoms with van der Waals surface area (Å²) in [6.07, 6.45) is 4.01. The third-order valence-electron chi connectivity index (χ3n) is 3.85. The van der Waals surface area contributed by atoms with Crippen LogP contribution in [0.1, 0.15) is 41.0 Å². The monoisotopic (exact) mass is 266 g/mol. The number of hydrogen-bond donors (Lipinski definition) is 2. The lowest BCUT2D eigenvalue weighted by atomic mass is 9.85. The van der Waals surface area contributed by atoms with Crippen molar-refractivity contribution in [3.8, 4) is 0 Å². The van der Waals surface area contributed by atoms with Gasteiger partial charge in [-0.25, -0.2) is 0 Å². The average molecular weight is 266 g/mol. The molecule has 100 valence electrons. The van der Waals surface area contributed by atoms with Gasteiger partial charge in [0.25, 0.3) is 0 Å². The SMILES string of the molecule is Cc1cc(CNC2CCC(C(N)=O)CC2)c(C)s1. The van der Waals surface area contributed by atoms with Crippen LogP contribution in [0.2, 0.25) is 0 Å². The summed E-state index contributed by atoms with van der Waals surface area (Å²) in [5, 5.41) is 3.61. The molecule has 0 atom stereocenters. The summed E-state index contributed by atoms with van der Waals surface area (Å²) in [5.41, 5.74) is 6.75. The number of aryl methyl sites for hydroxylation is 2. The van der Waals surface area contributed by atoms with Gasteiger partial charge >= 0.3 is 0 Å². The summed E-state index contributed by atoms with van der Waals surface area (Å²) in [5.74, 6) is -0.0223. The molecule has 0 spiro atoms. The van der Waals surface area contributed by atoms with Crippen LogP contribution in [-0.2, 0) is 11.3 Å². The smallest absolute Gasteiger partial charge is 0.220 e. The fourth-order valence-electron chi connectivity index (χ4n) is 2.70. The number of primary amides is 1. The molecule has 2 rings (SSSR count). The largest absolute Gasteiger partial charge is 0.369 e. The number of carbonyl (C=O) groups excluding carboxylic acids is 1. The second kappa shape index (κ2) is 5.85. The van der Waals surface area contributed by atoms with Gasteiger partial charge < -0.3 is 11.1 Å². The molecule has 0 unspecified atom stereocenters. The molecule has 1 aliphatic rings. The van der Waals surface area contributed by atoms with Crippen LogP contribution in [0.5, 0.6) is 0 Å². The van der Waals surface area contributed by atoms with Gasteiger partial charge in [-0.05, 0) is 51.2 Å². The molecular formula is C14H22N2OS. The zero-order valence-corrected chi connectivity index (χ0v) is 12.0. The third-order valence-corrected chi connectivity index (χ3v) is 4.86. The van der Waals surface area contributed by atoms with E-state index < -0.39 is 0 Å². The molecule has 3 N–H and O–H groups in total. The zero-order chi connectivity index (χ0) is 13.1. The fraction of sp³-hybridized carbons (Fsp3) is 0.643. The second-order valence-electron chi connectivity index (χ2n) is 5.27. The van der Waals surface area contributed by atoms with Gasteiger partial charge in [0.1, 0.15) is 0 Å². The van der Waals surface area contributed by atoms with E-state index in [9.17, 15) is 4.79 Å². The van der Waals surface area contributed by atoms with E-state index in [0.29, 0.717) is 6.04 Å². The van der Waals surface area contributed by atoms with Crippen molar-refractivity contribution < 1.29 is 4.79 Å². The molecule has 0 saturated heterocycles. The number of nitrogens with one attached hydrogen (secondary N) is 1. The highest BCUT2D eigenvalue weighted by Gasteiger charge is 2.24. The van der Waals surface area contributed by atoms with Crippen molar-refractivity contribution in [2.45, 2.75) is 52.1 Å². The van der Waals surface area contributed by atoms with E-state index in [1.54, 1.807) is 0 Å². The number of nitrogens with two attached hydrogens (primary N) is 1. The van der Waals surface area contributed by atoms with E-state index >= 15 is 0 Å². The Bertz CT molecular complexity index is 419. The average Bonchev–Trinajstić information content (AvgIpc) is 2.66. The van der Waals surface area contributed by atoms with Gasteiger partial charge in [-0.2, -0.15) is 0 Å². The minimum atomic E-state index is -0.127. The highest BCUT2D eigenvalue weighted by Crippen LogP contribution is 2.25. The van der Waals surface area contributed by atoms with Crippen molar-refractivity contribution in [1.29, 1.82) is 0 Å². The minimum absolute atomic E-state index is 0.105. The van der Waals surface area contributed by atoms with Crippen molar-refractivity contribution in [3.63, 3.8) is 0 Å². The molecule has 0 aliphatic heterocycles. The Kier molecular flexibility index (Phi) is 4.40. The summed E-state index contributed by atoms with van der Waals surface area (Å²) in [4.78, 5) is 13.9. The molecule has 4 heteroatoms. The van der Waals surface area contributed by atoms with Crippen LogP contribution < -0.4 is 11.1 Å². The Hall–Kier alpha value is -0.870. The Morgan fingerprint density at radius 2 is 2.06 bits per heavy atom. The number of amides is 1. The van der Waals surface area contributed by atoms with Crippen LogP contribution in [0.15, 0.2) is 6.07 Å². The van der Waals surface area contributed by atoms with Gasteiger partial charge in [0.05, 0.1) is 0 Å². The zero-order valence-electron chi connectivity index (χ0n) is 11.2. The Balaban J connectivity index is 1.79. The van der Waals surface area contributed by atoms with Gasteiger partial charge in [-0.1, -0.05) is 0 Å². The lowest BCUT2D eigenvalue weighted by Crippen LogP contribution is -2.36. The fourth-order valence-corrected chi connectivity index (χ4v) is 3.64. The van der Waals surface area contributed by atoms with Crippen LogP contribution in [-0.4, -0.2) is 11.9 Å². The number of rotatable bonds is 4. The maximum absolute atomic E-state index is 11.1. The molecule has 18 heavy (non-hydrogen) atoms. The van der Waals surface area contributed by atoms with Gasteiger partial charge in [0, 0.05) is 28.3 Å². The second-order valence-corrected chi connectivity index (χ2v) is 6.73. The van der Waals surface area contributed by atoms with E-state index in [1.807, 2.05) is 11.3 Å². The number of hydrogen-bond acceptors (Lipinski definition) is 3. The first-order chi connectivity index (χ1) is 8.56. The number of carbonyl (C=O) groups is 1. The minimum Gasteiger partial charge on any atom is -0.369 e. The highest BCUT2D eigenvalue weighted by atomic mass is 32.1. The molecule has 1 aromatic heterocycles. The predicted octanol–water partition coefficient (Wildman–Crippen LogP) is 2.50. The van der Waals surface area contributed by atoms with E-state index in [-0.39, 0.29) is 11.8 Å². The van der Waals surface area contributed by atoms with Crippen LogP contribution in [0.4, 0.5) is 0 Å². The summed E-state index contributed by atoms with van der Waals surface area (Å²) < 4.78 is 0. The van der Waals surface area contributed by atoms with Gasteiger partial charge in [0.2, 0.25) is 5.91 Å². The molecule has 0 aromatic carbocycles. The van der Waals surface area contributed by atoms with Crippen LogP contribution >= 0.6 is 11.3 Å². The first-order valence-corrected chi connectivity index (χ1v) is 7.46. The van der Waals surface area contributed by atoms with Crippen molar-refractivity contribution in [1.82, 2.24) is 5.32 Å². The first-order valence-electron chi connectivity index (χ1n) is 6.65. The van der Waals surface area contributed by atoms with E-state index in [0.717, 1.165) is 32.2 Å². The molecule has 0 radical (unpaired) electrons. The first kappa shape index (κ1) is 13.6. The van der Waals surface area contributed by atoms with Crippen molar-refractivity contribution >= 4 is 17.2 Å². The van der Waals surface area contributed by atoms with Crippen LogP contribution in [0.25, 0.3) is 0 Å². The lowest BCUT2D eigenvalue weighted by Gasteiger charge is -2.27. The standard InChI is InChI=1S/C14H22N2OS/c1-9-7-12(10(2)18-9)8-16-13-5-3-11(4-6-13)14(15)17/h7,11,13,16H,3-6,8H2,1-2H3,(H2,15,17). The predicted molar refractivity (Wildman–Crippen MR) is 75.6 cm³/mol. The molecule has 1 aliphatic carbocycles. The Morgan fingerprint density at radius 1 is 1.39 bits per heavy atom. The quantitative estimate of drug-likeness (QED) is 0.879. The van der Waals surface area contributed by atoms with Gasteiger partial charge in [-0.15, -0.1) is 11.3 Å². The van der Waals surface area contributed by atoms with Crippen LogP contribution in [0.3, 0.4) is 0 Å². The molecule has 1 saturated carbocycles. The van der Waals surface area contributed by atoms with Crippen molar-refractivity contribution in [2.75, 3.05) is 0 Å². The van der Waals surface area contributed by atoms with Crippen molar-refractivity contribution in [3.05, 3.63) is 21.4 Å². The van der Waals surface area contributed by atoms with E-state index in [4.69, 9.17) is 5.73 Å². The maximum Gasteiger partial charge on any atom is 0.220 e. The molecule has 0 bridgehead atoms. The van der Waals surface area contributed by atoms with Crippen molar-refractivity contribution in [2.24, 2.45) is 11.7 Å². The molecule has 1 aromatic rings. The molecule has 3 nitrogen and oxygen atoms in total. The van der Waals surface area contributed by atoms with Crippen LogP contribution in [0, 0.1) is 19.8 Å². The summed E-state index contributed by atoms with van der Waals surface area (Å²) in [7, 11) is 0. The van der Waals surface area contributed by atoms with Gasteiger partial charge in [0.15, 0.2) is 0 Å². The Morgan fingerprint density at radius 3 is 2.56 bits per heavy atom. The summed E-state index contributed by atoms with van der Waals surface area (Å²) >= 11 is 1.86. The molecule has 1 heterocycles. The summed E-state index contributed by atoms with van der Waals surface area (Å²) in [6.45, 7) is 5.28. The van der Waals surface area contributed by atoms with E-state index in [2.05, 4.69) is 25.2 Å². The maximum atomic E-state index is 11.1. The summed E-state index contributed by atoms with van der Waals surface area (Å²) in [6, 6.07) is 2.81. The normalized spacial score (nSPS) is 24.1. The number of thiophene rings is 1. The molecule has 1 amide bonds. The third kappa shape index (κ3) is 3.33. The Labute approximate surface area is 113 Å². The van der Waals surface area contributed by atoms with Gasteiger partial charge in [-0.3, -0.25) is 4.79 Å². The van der Waals surface area contributed by atoms with E-state index in [1.165, 1.54) is 15.3 Å². The topological polar surface area (TPSA) is 55.1 Å². The molecular weight excluding hydrogens is 244 g/mol. The molecule has 1 fully saturated rings.